The topological polar surface area (TPSA) is 56.8 Å². The van der Waals surface area contributed by atoms with Gasteiger partial charge in [0.05, 0.1) is 20.3 Å². The quantitative estimate of drug-likeness (QED) is 0.650. The van der Waals surface area contributed by atoms with Crippen LogP contribution in [0.3, 0.4) is 0 Å². The van der Waals surface area contributed by atoms with E-state index in [9.17, 15) is 4.79 Å². The summed E-state index contributed by atoms with van der Waals surface area (Å²) in [5, 5.41) is 2.91. The first-order chi connectivity index (χ1) is 14.7. The Morgan fingerprint density at radius 1 is 0.800 bits per heavy atom. The highest BCUT2D eigenvalue weighted by molar-refractivity contribution is 5.71. The lowest BCUT2D eigenvalue weighted by Gasteiger charge is -2.18. The molecule has 0 spiro atoms. The Labute approximate surface area is 175 Å². The fourth-order valence-electron chi connectivity index (χ4n) is 3.41. The Kier molecular flexibility index (Phi) is 5.58. The molecule has 0 saturated carbocycles. The number of ether oxygens (including phenoxy) is 3. The summed E-state index contributed by atoms with van der Waals surface area (Å²) in [6.07, 6.45) is -0.894. The summed E-state index contributed by atoms with van der Waals surface area (Å²) in [5.74, 6) is 7.82. The van der Waals surface area contributed by atoms with Gasteiger partial charge in [-0.1, -0.05) is 42.2 Å². The molecule has 0 aliphatic carbocycles. The number of rotatable bonds is 4. The van der Waals surface area contributed by atoms with E-state index in [0.29, 0.717) is 5.75 Å². The summed E-state index contributed by atoms with van der Waals surface area (Å²) in [6.45, 7) is 0. The number of nitrogens with one attached hydrogen (secondary N) is 1. The number of carbonyl (C=O) groups excluding carboxylic acids is 1. The van der Waals surface area contributed by atoms with Gasteiger partial charge in [0.2, 0.25) is 0 Å². The molecule has 2 atom stereocenters. The van der Waals surface area contributed by atoms with Crippen LogP contribution >= 0.6 is 0 Å². The fourth-order valence-corrected chi connectivity index (χ4v) is 3.41. The van der Waals surface area contributed by atoms with Crippen molar-refractivity contribution < 1.29 is 19.0 Å². The van der Waals surface area contributed by atoms with Crippen molar-refractivity contribution in [1.82, 2.24) is 5.32 Å². The third kappa shape index (κ3) is 4.23. The molecule has 5 nitrogen and oxygen atoms in total. The summed E-state index contributed by atoms with van der Waals surface area (Å²) < 4.78 is 16.1. The van der Waals surface area contributed by atoms with Gasteiger partial charge < -0.3 is 19.5 Å². The van der Waals surface area contributed by atoms with E-state index in [-0.39, 0.29) is 6.04 Å². The molecule has 1 amide bonds. The van der Waals surface area contributed by atoms with Crippen LogP contribution in [-0.4, -0.2) is 20.3 Å². The lowest BCUT2D eigenvalue weighted by molar-refractivity contribution is 0.132. The molecule has 0 bridgehead atoms. The van der Waals surface area contributed by atoms with Crippen LogP contribution in [0.1, 0.15) is 34.4 Å². The van der Waals surface area contributed by atoms with Crippen LogP contribution in [0.5, 0.6) is 11.5 Å². The van der Waals surface area contributed by atoms with Crippen LogP contribution in [0.15, 0.2) is 72.8 Å². The third-order valence-electron chi connectivity index (χ3n) is 4.90. The molecule has 3 aromatic rings. The smallest absolute Gasteiger partial charge is 0.408 e. The van der Waals surface area contributed by atoms with Gasteiger partial charge >= 0.3 is 6.09 Å². The Bertz CT molecular complexity index is 1130. The highest BCUT2D eigenvalue weighted by Crippen LogP contribution is 2.37. The highest BCUT2D eigenvalue weighted by Gasteiger charge is 2.36. The van der Waals surface area contributed by atoms with Crippen molar-refractivity contribution in [2.45, 2.75) is 12.1 Å². The predicted molar refractivity (Wildman–Crippen MR) is 114 cm³/mol. The average molecular weight is 399 g/mol. The number of alkyl carbamates (subject to hydrolysis) is 1. The van der Waals surface area contributed by atoms with E-state index in [4.69, 9.17) is 14.2 Å². The molecule has 1 heterocycles. The minimum atomic E-state index is -0.450. The number of methoxy groups -OCH3 is 2. The van der Waals surface area contributed by atoms with Crippen molar-refractivity contribution in [1.29, 1.82) is 0 Å². The van der Waals surface area contributed by atoms with E-state index in [1.54, 1.807) is 14.2 Å². The number of hydrogen-bond donors (Lipinski definition) is 1. The molecule has 150 valence electrons. The van der Waals surface area contributed by atoms with Crippen LogP contribution < -0.4 is 14.8 Å². The lowest BCUT2D eigenvalue weighted by atomic mass is 9.95. The van der Waals surface area contributed by atoms with Gasteiger partial charge in [0.1, 0.15) is 11.5 Å². The predicted octanol–water partition coefficient (Wildman–Crippen LogP) is 4.63. The number of cyclic esters (lactones) is 1. The van der Waals surface area contributed by atoms with Crippen LogP contribution in [0, 0.1) is 11.8 Å². The molecule has 30 heavy (non-hydrogen) atoms. The Hall–Kier alpha value is -3.91. The van der Waals surface area contributed by atoms with Crippen molar-refractivity contribution in [2.75, 3.05) is 14.2 Å². The summed E-state index contributed by atoms with van der Waals surface area (Å²) in [7, 11) is 3.24. The summed E-state index contributed by atoms with van der Waals surface area (Å²) in [6, 6.07) is 22.6. The SMILES string of the molecule is COc1cccc(C#Cc2cccc([C@H]3NC(=O)O[C@@H]3c3cccc(OC)c3)c2)c1. The van der Waals surface area contributed by atoms with E-state index in [2.05, 4.69) is 17.2 Å². The highest BCUT2D eigenvalue weighted by atomic mass is 16.6. The van der Waals surface area contributed by atoms with E-state index in [1.165, 1.54) is 0 Å². The van der Waals surface area contributed by atoms with E-state index < -0.39 is 12.2 Å². The molecule has 1 N–H and O–H groups in total. The Morgan fingerprint density at radius 2 is 1.40 bits per heavy atom. The maximum absolute atomic E-state index is 12.0. The lowest BCUT2D eigenvalue weighted by Crippen LogP contribution is -2.19. The molecule has 3 aromatic carbocycles. The van der Waals surface area contributed by atoms with Gasteiger partial charge in [-0.3, -0.25) is 0 Å². The van der Waals surface area contributed by atoms with Crippen LogP contribution in [0.2, 0.25) is 0 Å². The van der Waals surface area contributed by atoms with Crippen LogP contribution in [0.4, 0.5) is 4.79 Å². The second-order valence-electron chi connectivity index (χ2n) is 6.83. The molecule has 0 unspecified atom stereocenters. The molecule has 0 radical (unpaired) electrons. The average Bonchev–Trinajstić information content (AvgIpc) is 3.20. The number of hydrogen-bond acceptors (Lipinski definition) is 4. The number of benzene rings is 3. The zero-order chi connectivity index (χ0) is 20.9. The molecule has 4 rings (SSSR count). The van der Waals surface area contributed by atoms with Gasteiger partial charge in [0.15, 0.2) is 6.10 Å². The summed E-state index contributed by atoms with van der Waals surface area (Å²) in [5.41, 5.74) is 3.50. The second-order valence-corrected chi connectivity index (χ2v) is 6.83. The third-order valence-corrected chi connectivity index (χ3v) is 4.90. The van der Waals surface area contributed by atoms with Gasteiger partial charge in [-0.25, -0.2) is 4.79 Å². The maximum Gasteiger partial charge on any atom is 0.408 e. The number of amides is 1. The van der Waals surface area contributed by atoms with Crippen molar-refractivity contribution in [3.05, 3.63) is 95.1 Å². The summed E-state index contributed by atoms with van der Waals surface area (Å²) in [4.78, 5) is 12.0. The van der Waals surface area contributed by atoms with Crippen molar-refractivity contribution in [3.8, 4) is 23.3 Å². The Balaban J connectivity index is 1.62. The largest absolute Gasteiger partial charge is 0.497 e. The van der Waals surface area contributed by atoms with Crippen LogP contribution in [-0.2, 0) is 4.74 Å². The molecule has 1 fully saturated rings. The van der Waals surface area contributed by atoms with Gasteiger partial charge in [-0.15, -0.1) is 0 Å². The van der Waals surface area contributed by atoms with Gasteiger partial charge in [-0.2, -0.15) is 0 Å². The number of carbonyl (C=O) groups is 1. The van der Waals surface area contributed by atoms with Crippen molar-refractivity contribution in [3.63, 3.8) is 0 Å². The molecule has 0 aromatic heterocycles. The first-order valence-electron chi connectivity index (χ1n) is 9.53. The molecule has 1 saturated heterocycles. The monoisotopic (exact) mass is 399 g/mol. The minimum absolute atomic E-state index is 0.317. The zero-order valence-corrected chi connectivity index (χ0v) is 16.7. The van der Waals surface area contributed by atoms with E-state index in [0.717, 1.165) is 28.0 Å². The fraction of sp³-hybridized carbons (Fsp3) is 0.160. The standard InChI is InChI=1S/C25H21NO4/c1-28-21-10-4-7-18(15-21)13-12-17-6-3-8-19(14-17)23-24(30-25(27)26-23)20-9-5-11-22(16-20)29-2/h3-11,14-16,23-24H,1-2H3,(H,26,27)/t23-,24-/m1/s1. The van der Waals surface area contributed by atoms with Gasteiger partial charge in [-0.05, 0) is 53.6 Å². The van der Waals surface area contributed by atoms with E-state index in [1.807, 2.05) is 72.8 Å². The normalized spacial score (nSPS) is 17.3. The molecular formula is C25H21NO4. The molecule has 1 aliphatic heterocycles. The minimum Gasteiger partial charge on any atom is -0.497 e. The maximum atomic E-state index is 12.0. The molecule has 5 heteroatoms. The van der Waals surface area contributed by atoms with Crippen LogP contribution in [0.25, 0.3) is 0 Å². The van der Waals surface area contributed by atoms with Crippen molar-refractivity contribution in [2.24, 2.45) is 0 Å². The van der Waals surface area contributed by atoms with Gasteiger partial charge in [0.25, 0.3) is 0 Å². The first-order valence-corrected chi connectivity index (χ1v) is 9.53. The first kappa shape index (κ1) is 19.4. The molecule has 1 aliphatic rings. The Morgan fingerprint density at radius 3 is 2.13 bits per heavy atom. The zero-order valence-electron chi connectivity index (χ0n) is 16.7. The van der Waals surface area contributed by atoms with Crippen molar-refractivity contribution >= 4 is 6.09 Å². The second kappa shape index (κ2) is 8.62. The van der Waals surface area contributed by atoms with Gasteiger partial charge in [0, 0.05) is 11.1 Å². The molecular weight excluding hydrogens is 378 g/mol. The summed E-state index contributed by atoms with van der Waals surface area (Å²) >= 11 is 0. The van der Waals surface area contributed by atoms with E-state index >= 15 is 0 Å².